The van der Waals surface area contributed by atoms with Crippen molar-refractivity contribution in [1.82, 2.24) is 4.90 Å². The SMILES string of the molecule is COCCCC[C@@](O)(c1cccc(F)c1-c1cc(C)cc(OC)c1)[C@H]1CN(C(=O)c2ccc(CN)cc2)CCO1. The molecule has 40 heavy (non-hydrogen) atoms. The van der Waals surface area contributed by atoms with Gasteiger partial charge in [0.2, 0.25) is 0 Å². The molecule has 0 unspecified atom stereocenters. The molecule has 1 aliphatic heterocycles. The van der Waals surface area contributed by atoms with Gasteiger partial charge in [-0.25, -0.2) is 4.39 Å². The Morgan fingerprint density at radius 2 is 1.93 bits per heavy atom. The minimum atomic E-state index is -1.58. The second-order valence-corrected chi connectivity index (χ2v) is 10.3. The highest BCUT2D eigenvalue weighted by Crippen LogP contribution is 2.42. The van der Waals surface area contributed by atoms with Crippen LogP contribution in [0.1, 0.15) is 46.3 Å². The van der Waals surface area contributed by atoms with E-state index in [1.54, 1.807) is 49.5 Å². The van der Waals surface area contributed by atoms with Crippen LogP contribution in [0.25, 0.3) is 11.1 Å². The van der Waals surface area contributed by atoms with Crippen LogP contribution in [0.3, 0.4) is 0 Å². The summed E-state index contributed by atoms with van der Waals surface area (Å²) in [6.07, 6.45) is 0.854. The van der Waals surface area contributed by atoms with Gasteiger partial charge in [-0.3, -0.25) is 4.79 Å². The average molecular weight is 551 g/mol. The van der Waals surface area contributed by atoms with Crippen molar-refractivity contribution in [2.75, 3.05) is 40.5 Å². The summed E-state index contributed by atoms with van der Waals surface area (Å²) in [5.41, 5.74) is 7.83. The number of nitrogens with two attached hydrogens (primary N) is 1. The van der Waals surface area contributed by atoms with Crippen LogP contribution in [-0.2, 0) is 21.6 Å². The van der Waals surface area contributed by atoms with Crippen LogP contribution in [0.4, 0.5) is 4.39 Å². The minimum Gasteiger partial charge on any atom is -0.497 e. The second kappa shape index (κ2) is 13.4. The van der Waals surface area contributed by atoms with Gasteiger partial charge in [0.05, 0.1) is 20.3 Å². The zero-order chi connectivity index (χ0) is 28.7. The summed E-state index contributed by atoms with van der Waals surface area (Å²) in [6, 6.07) is 17.5. The third-order valence-corrected chi connectivity index (χ3v) is 7.53. The second-order valence-electron chi connectivity index (χ2n) is 10.3. The molecule has 3 N–H and O–H groups in total. The Kier molecular flexibility index (Phi) is 9.92. The van der Waals surface area contributed by atoms with Crippen molar-refractivity contribution in [1.29, 1.82) is 0 Å². The number of hydrogen-bond acceptors (Lipinski definition) is 6. The molecular weight excluding hydrogens is 511 g/mol. The maximum Gasteiger partial charge on any atom is 0.254 e. The number of benzene rings is 3. The van der Waals surface area contributed by atoms with E-state index in [2.05, 4.69) is 0 Å². The highest BCUT2D eigenvalue weighted by Gasteiger charge is 2.44. The molecule has 1 saturated heterocycles. The lowest BCUT2D eigenvalue weighted by molar-refractivity contribution is -0.146. The molecule has 1 heterocycles. The lowest BCUT2D eigenvalue weighted by Crippen LogP contribution is -2.54. The number of aryl methyl sites for hydroxylation is 1. The summed E-state index contributed by atoms with van der Waals surface area (Å²) >= 11 is 0. The first kappa shape index (κ1) is 29.7. The van der Waals surface area contributed by atoms with Gasteiger partial charge in [-0.1, -0.05) is 30.3 Å². The number of carbonyl (C=O) groups is 1. The first-order chi connectivity index (χ1) is 19.3. The fourth-order valence-electron chi connectivity index (χ4n) is 5.39. The molecule has 214 valence electrons. The molecule has 3 aromatic rings. The number of hydrogen-bond donors (Lipinski definition) is 2. The summed E-state index contributed by atoms with van der Waals surface area (Å²) in [6.45, 7) is 3.64. The molecule has 0 saturated carbocycles. The summed E-state index contributed by atoms with van der Waals surface area (Å²) in [4.78, 5) is 15.1. The Labute approximate surface area is 235 Å². The molecule has 1 amide bonds. The van der Waals surface area contributed by atoms with Crippen LogP contribution < -0.4 is 10.5 Å². The number of carbonyl (C=O) groups excluding carboxylic acids is 1. The van der Waals surface area contributed by atoms with Crippen molar-refractivity contribution in [3.05, 3.63) is 88.7 Å². The van der Waals surface area contributed by atoms with E-state index < -0.39 is 17.5 Å². The van der Waals surface area contributed by atoms with E-state index in [4.69, 9.17) is 19.9 Å². The first-order valence-corrected chi connectivity index (χ1v) is 13.7. The van der Waals surface area contributed by atoms with Crippen molar-refractivity contribution < 1.29 is 28.5 Å². The van der Waals surface area contributed by atoms with E-state index in [1.807, 2.05) is 31.2 Å². The number of morpholine rings is 1. The molecule has 4 rings (SSSR count). The largest absolute Gasteiger partial charge is 0.497 e. The molecule has 0 bridgehead atoms. The summed E-state index contributed by atoms with van der Waals surface area (Å²) in [7, 11) is 3.20. The molecule has 0 spiro atoms. The predicted octanol–water partition coefficient (Wildman–Crippen LogP) is 4.81. The van der Waals surface area contributed by atoms with E-state index in [0.29, 0.717) is 67.0 Å². The Morgan fingerprint density at radius 3 is 2.62 bits per heavy atom. The summed E-state index contributed by atoms with van der Waals surface area (Å²) < 4.78 is 32.5. The van der Waals surface area contributed by atoms with Gasteiger partial charge in [0, 0.05) is 37.9 Å². The zero-order valence-corrected chi connectivity index (χ0v) is 23.5. The number of methoxy groups -OCH3 is 2. The molecule has 3 aromatic carbocycles. The predicted molar refractivity (Wildman–Crippen MR) is 153 cm³/mol. The number of amides is 1. The van der Waals surface area contributed by atoms with E-state index >= 15 is 4.39 Å². The molecule has 7 nitrogen and oxygen atoms in total. The van der Waals surface area contributed by atoms with Crippen LogP contribution in [0, 0.1) is 12.7 Å². The maximum absolute atomic E-state index is 15.6. The van der Waals surface area contributed by atoms with Gasteiger partial charge >= 0.3 is 0 Å². The normalized spacial score (nSPS) is 16.9. The summed E-state index contributed by atoms with van der Waals surface area (Å²) in [5, 5.41) is 12.5. The van der Waals surface area contributed by atoms with Gasteiger partial charge in [-0.15, -0.1) is 0 Å². The van der Waals surface area contributed by atoms with Crippen LogP contribution in [0.15, 0.2) is 60.7 Å². The van der Waals surface area contributed by atoms with Crippen molar-refractivity contribution in [2.24, 2.45) is 5.73 Å². The van der Waals surface area contributed by atoms with Gasteiger partial charge < -0.3 is 30.0 Å². The highest BCUT2D eigenvalue weighted by atomic mass is 19.1. The van der Waals surface area contributed by atoms with Crippen LogP contribution in [0.5, 0.6) is 5.75 Å². The first-order valence-electron chi connectivity index (χ1n) is 13.7. The van der Waals surface area contributed by atoms with Gasteiger partial charge in [0.15, 0.2) is 0 Å². The smallest absolute Gasteiger partial charge is 0.254 e. The van der Waals surface area contributed by atoms with Crippen molar-refractivity contribution >= 4 is 5.91 Å². The maximum atomic E-state index is 15.6. The fourth-order valence-corrected chi connectivity index (χ4v) is 5.39. The fraction of sp³-hybridized carbons (Fsp3) is 0.406. The Balaban J connectivity index is 1.73. The van der Waals surface area contributed by atoms with E-state index in [0.717, 1.165) is 11.1 Å². The van der Waals surface area contributed by atoms with E-state index in [1.165, 1.54) is 6.07 Å². The topological polar surface area (TPSA) is 94.2 Å². The molecule has 0 aliphatic carbocycles. The quantitative estimate of drug-likeness (QED) is 0.333. The molecule has 1 aliphatic rings. The number of halogens is 1. The van der Waals surface area contributed by atoms with Gasteiger partial charge in [0.1, 0.15) is 23.3 Å². The van der Waals surface area contributed by atoms with Crippen LogP contribution in [-0.4, -0.2) is 62.5 Å². The summed E-state index contributed by atoms with van der Waals surface area (Å²) in [5.74, 6) is -0.00937. The number of unbranched alkanes of at least 4 members (excludes halogenated alkanes) is 1. The average Bonchev–Trinajstić information content (AvgIpc) is 2.98. The monoisotopic (exact) mass is 550 g/mol. The Bertz CT molecular complexity index is 1300. The molecular formula is C32H39FN2O5. The zero-order valence-electron chi connectivity index (χ0n) is 23.5. The lowest BCUT2D eigenvalue weighted by Gasteiger charge is -2.43. The van der Waals surface area contributed by atoms with Crippen molar-refractivity contribution in [3.63, 3.8) is 0 Å². The van der Waals surface area contributed by atoms with Crippen molar-refractivity contribution in [2.45, 2.75) is 44.4 Å². The van der Waals surface area contributed by atoms with Crippen molar-refractivity contribution in [3.8, 4) is 16.9 Å². The molecule has 8 heteroatoms. The van der Waals surface area contributed by atoms with E-state index in [-0.39, 0.29) is 19.1 Å². The Hall–Kier alpha value is -3.30. The Morgan fingerprint density at radius 1 is 1.15 bits per heavy atom. The molecule has 1 fully saturated rings. The molecule has 0 aromatic heterocycles. The third kappa shape index (κ3) is 6.53. The van der Waals surface area contributed by atoms with Gasteiger partial charge in [-0.05, 0) is 78.8 Å². The molecule has 2 atom stereocenters. The van der Waals surface area contributed by atoms with Crippen LogP contribution >= 0.6 is 0 Å². The van der Waals surface area contributed by atoms with Gasteiger partial charge in [-0.2, -0.15) is 0 Å². The van der Waals surface area contributed by atoms with E-state index in [9.17, 15) is 9.90 Å². The number of aliphatic hydroxyl groups is 1. The number of nitrogens with zero attached hydrogens (tertiary/aromatic N) is 1. The highest BCUT2D eigenvalue weighted by molar-refractivity contribution is 5.94. The number of ether oxygens (including phenoxy) is 3. The minimum absolute atomic E-state index is 0.151. The van der Waals surface area contributed by atoms with Crippen LogP contribution in [0.2, 0.25) is 0 Å². The molecule has 0 radical (unpaired) electrons. The van der Waals surface area contributed by atoms with Gasteiger partial charge in [0.25, 0.3) is 5.91 Å². The third-order valence-electron chi connectivity index (χ3n) is 7.53. The standard InChI is InChI=1S/C32H39FN2O5/c1-22-17-25(19-26(18-22)39-3)30-27(7-6-8-28(30)33)32(37,13-4-5-15-38-2)29-21-35(14-16-40-29)31(36)24-11-9-23(20-34)10-12-24/h6-12,17-19,29,37H,4-5,13-16,20-21,34H2,1-3H3/t29-,32-/m1/s1. The number of rotatable bonds is 11. The lowest BCUT2D eigenvalue weighted by atomic mass is 9.78.